The number of halogens is 4. The van der Waals surface area contributed by atoms with Gasteiger partial charge >= 0.3 is 6.18 Å². The summed E-state index contributed by atoms with van der Waals surface area (Å²) in [5.41, 5.74) is -0.986. The van der Waals surface area contributed by atoms with Crippen LogP contribution in [0, 0.1) is 0 Å². The van der Waals surface area contributed by atoms with Crippen LogP contribution in [-0.2, 0) is 11.0 Å². The number of amides is 1. The van der Waals surface area contributed by atoms with Gasteiger partial charge in [-0.3, -0.25) is 4.79 Å². The van der Waals surface area contributed by atoms with Crippen LogP contribution in [0.25, 0.3) is 0 Å². The molecule has 0 aromatic carbocycles. The average Bonchev–Trinajstić information content (AvgIpc) is 2.49. The van der Waals surface area contributed by atoms with Gasteiger partial charge in [-0.15, -0.1) is 0 Å². The van der Waals surface area contributed by atoms with E-state index in [-0.39, 0.29) is 10.8 Å². The van der Waals surface area contributed by atoms with Gasteiger partial charge in [0.05, 0.1) is 15.8 Å². The van der Waals surface area contributed by atoms with Gasteiger partial charge in [0.25, 0.3) is 0 Å². The zero-order chi connectivity index (χ0) is 17.0. The maximum absolute atomic E-state index is 12.5. The quantitative estimate of drug-likeness (QED) is 0.664. The lowest BCUT2D eigenvalue weighted by molar-refractivity contribution is -0.137. The molecule has 5 nitrogen and oxygen atoms in total. The molecule has 0 aliphatic carbocycles. The first kappa shape index (κ1) is 17.5. The van der Waals surface area contributed by atoms with Crippen LogP contribution >= 0.6 is 23.4 Å². The van der Waals surface area contributed by atoms with E-state index in [0.717, 1.165) is 11.8 Å². The molecular weight excluding hydrogens is 353 g/mol. The molecule has 0 aliphatic heterocycles. The predicted octanol–water partition coefficient (Wildman–Crippen LogP) is 3.66. The largest absolute Gasteiger partial charge is 0.417 e. The molecule has 0 aliphatic rings. The van der Waals surface area contributed by atoms with Crippen molar-refractivity contribution in [2.45, 2.75) is 23.5 Å². The highest BCUT2D eigenvalue weighted by atomic mass is 35.5. The smallest absolute Gasteiger partial charge is 0.308 e. The Labute approximate surface area is 138 Å². The van der Waals surface area contributed by atoms with Crippen LogP contribution in [0.5, 0.6) is 0 Å². The van der Waals surface area contributed by atoms with E-state index in [9.17, 15) is 18.0 Å². The molecule has 1 N–H and O–H groups in total. The number of hydrogen-bond donors (Lipinski definition) is 1. The summed E-state index contributed by atoms with van der Waals surface area (Å²) in [7, 11) is 0. The number of nitrogens with zero attached hydrogens (tertiary/aromatic N) is 3. The minimum absolute atomic E-state index is 0.133. The topological polar surface area (TPSA) is 67.8 Å². The van der Waals surface area contributed by atoms with Gasteiger partial charge in [-0.05, 0) is 19.1 Å². The normalized spacial score (nSPS) is 12.7. The van der Waals surface area contributed by atoms with E-state index in [1.54, 1.807) is 13.0 Å². The number of anilines is 1. The van der Waals surface area contributed by atoms with E-state index in [1.807, 2.05) is 0 Å². The van der Waals surface area contributed by atoms with Crippen molar-refractivity contribution in [1.29, 1.82) is 0 Å². The second-order valence-electron chi connectivity index (χ2n) is 4.33. The Morgan fingerprint density at radius 1 is 1.30 bits per heavy atom. The van der Waals surface area contributed by atoms with Crippen LogP contribution in [0.4, 0.5) is 19.0 Å². The molecule has 0 saturated carbocycles. The van der Waals surface area contributed by atoms with Gasteiger partial charge in [0, 0.05) is 18.6 Å². The number of thioether (sulfide) groups is 1. The van der Waals surface area contributed by atoms with Gasteiger partial charge in [0.2, 0.25) is 5.91 Å². The number of rotatable bonds is 4. The molecular formula is C13H10ClF3N4OS. The lowest BCUT2D eigenvalue weighted by Crippen LogP contribution is -2.23. The number of aromatic nitrogens is 3. The third-order valence-electron chi connectivity index (χ3n) is 2.60. The van der Waals surface area contributed by atoms with E-state index in [1.165, 1.54) is 12.4 Å². The molecule has 0 radical (unpaired) electrons. The molecule has 10 heteroatoms. The van der Waals surface area contributed by atoms with Crippen molar-refractivity contribution < 1.29 is 18.0 Å². The molecule has 122 valence electrons. The van der Waals surface area contributed by atoms with Crippen molar-refractivity contribution in [2.24, 2.45) is 0 Å². The molecule has 0 saturated heterocycles. The van der Waals surface area contributed by atoms with Crippen LogP contribution in [0.3, 0.4) is 0 Å². The lowest BCUT2D eigenvalue weighted by Gasteiger charge is -2.12. The number of pyridine rings is 1. The van der Waals surface area contributed by atoms with Crippen molar-refractivity contribution in [1.82, 2.24) is 15.0 Å². The second kappa shape index (κ2) is 7.14. The first-order chi connectivity index (χ1) is 10.8. The van der Waals surface area contributed by atoms with Crippen LogP contribution in [0.1, 0.15) is 12.5 Å². The molecule has 0 spiro atoms. The monoisotopic (exact) mass is 362 g/mol. The fourth-order valence-corrected chi connectivity index (χ4v) is 2.40. The molecule has 1 amide bonds. The molecule has 2 aromatic rings. The van der Waals surface area contributed by atoms with Gasteiger partial charge in [-0.25, -0.2) is 15.0 Å². The predicted molar refractivity (Wildman–Crippen MR) is 80.2 cm³/mol. The highest BCUT2D eigenvalue weighted by Gasteiger charge is 2.31. The number of alkyl halides is 3. The summed E-state index contributed by atoms with van der Waals surface area (Å²) in [6.45, 7) is 1.61. The summed E-state index contributed by atoms with van der Waals surface area (Å²) in [6.07, 6.45) is -0.866. The summed E-state index contributed by atoms with van der Waals surface area (Å²) in [6, 6.07) is 2.35. The Bertz CT molecular complexity index is 699. The van der Waals surface area contributed by atoms with Gasteiger partial charge in [0.15, 0.2) is 11.0 Å². The Balaban J connectivity index is 2.05. The Morgan fingerprint density at radius 2 is 1.96 bits per heavy atom. The lowest BCUT2D eigenvalue weighted by atomic mass is 10.2. The third kappa shape index (κ3) is 4.80. The van der Waals surface area contributed by atoms with Crippen molar-refractivity contribution in [3.8, 4) is 0 Å². The zero-order valence-electron chi connectivity index (χ0n) is 11.6. The Hall–Kier alpha value is -1.87. The van der Waals surface area contributed by atoms with Crippen molar-refractivity contribution >= 4 is 35.1 Å². The van der Waals surface area contributed by atoms with Crippen molar-refractivity contribution in [3.63, 3.8) is 0 Å². The van der Waals surface area contributed by atoms with E-state index in [4.69, 9.17) is 11.6 Å². The molecule has 0 unspecified atom stereocenters. The standard InChI is InChI=1S/C13H10ClF3N4OS/c1-7(23-12-18-3-2-4-19-12)11(22)21-10-9(14)5-8(6-20-10)13(15,16)17/h2-7H,1H3,(H,20,21,22)/t7-/m1/s1. The maximum Gasteiger partial charge on any atom is 0.417 e. The second-order valence-corrected chi connectivity index (χ2v) is 6.05. The highest BCUT2D eigenvalue weighted by Crippen LogP contribution is 2.32. The maximum atomic E-state index is 12.5. The third-order valence-corrected chi connectivity index (χ3v) is 3.88. The number of nitrogens with one attached hydrogen (secondary N) is 1. The van der Waals surface area contributed by atoms with Gasteiger partial charge in [-0.2, -0.15) is 13.2 Å². The fourth-order valence-electron chi connectivity index (χ4n) is 1.46. The van der Waals surface area contributed by atoms with E-state index in [2.05, 4.69) is 20.3 Å². The summed E-state index contributed by atoms with van der Waals surface area (Å²) >= 11 is 6.83. The van der Waals surface area contributed by atoms with Gasteiger partial charge < -0.3 is 5.32 Å². The molecule has 23 heavy (non-hydrogen) atoms. The summed E-state index contributed by atoms with van der Waals surface area (Å²) in [5, 5.41) is 1.91. The summed E-state index contributed by atoms with van der Waals surface area (Å²) < 4.78 is 37.6. The van der Waals surface area contributed by atoms with Crippen LogP contribution < -0.4 is 5.32 Å². The summed E-state index contributed by atoms with van der Waals surface area (Å²) in [5.74, 6) is -0.609. The average molecular weight is 363 g/mol. The number of carbonyl (C=O) groups is 1. The number of hydrogen-bond acceptors (Lipinski definition) is 5. The molecule has 0 bridgehead atoms. The van der Waals surface area contributed by atoms with Crippen molar-refractivity contribution in [3.05, 3.63) is 41.3 Å². The number of carbonyl (C=O) groups excluding carboxylic acids is 1. The van der Waals surface area contributed by atoms with E-state index < -0.39 is 22.9 Å². The highest BCUT2D eigenvalue weighted by molar-refractivity contribution is 8.00. The van der Waals surface area contributed by atoms with Gasteiger partial charge in [0.1, 0.15) is 0 Å². The Morgan fingerprint density at radius 3 is 2.52 bits per heavy atom. The fraction of sp³-hybridized carbons (Fsp3) is 0.231. The first-order valence-corrected chi connectivity index (χ1v) is 7.50. The minimum atomic E-state index is -4.55. The zero-order valence-corrected chi connectivity index (χ0v) is 13.2. The molecule has 0 fully saturated rings. The molecule has 1 atom stereocenters. The first-order valence-electron chi connectivity index (χ1n) is 6.24. The molecule has 2 heterocycles. The Kier molecular flexibility index (Phi) is 5.42. The van der Waals surface area contributed by atoms with E-state index >= 15 is 0 Å². The van der Waals surface area contributed by atoms with Crippen LogP contribution in [0.15, 0.2) is 35.9 Å². The van der Waals surface area contributed by atoms with Crippen LogP contribution in [0.2, 0.25) is 5.02 Å². The SMILES string of the molecule is C[C@@H](Sc1ncccn1)C(=O)Nc1ncc(C(F)(F)F)cc1Cl. The molecule has 2 rings (SSSR count). The van der Waals surface area contributed by atoms with Crippen LogP contribution in [-0.4, -0.2) is 26.1 Å². The van der Waals surface area contributed by atoms with Crippen molar-refractivity contribution in [2.75, 3.05) is 5.32 Å². The van der Waals surface area contributed by atoms with Gasteiger partial charge in [-0.1, -0.05) is 23.4 Å². The van der Waals surface area contributed by atoms with E-state index in [0.29, 0.717) is 17.4 Å². The summed E-state index contributed by atoms with van der Waals surface area (Å²) in [4.78, 5) is 23.5. The minimum Gasteiger partial charge on any atom is -0.308 e. The molecule has 2 aromatic heterocycles.